The number of nitrogens with two attached hydrogens (primary N) is 1. The van der Waals surface area contributed by atoms with E-state index < -0.39 is 6.04 Å². The van der Waals surface area contributed by atoms with Crippen LogP contribution in [0, 0.1) is 0 Å². The van der Waals surface area contributed by atoms with E-state index in [0.717, 1.165) is 5.56 Å². The van der Waals surface area contributed by atoms with Gasteiger partial charge < -0.3 is 15.6 Å². The predicted molar refractivity (Wildman–Crippen MR) is 54.0 cm³/mol. The number of hydrogen-bond donors (Lipinski definition) is 2. The molecule has 0 aromatic carbocycles. The summed E-state index contributed by atoms with van der Waals surface area (Å²) in [6.07, 6.45) is 3.35. The minimum Gasteiger partial charge on any atom is -0.491 e. The largest absolute Gasteiger partial charge is 0.491 e. The van der Waals surface area contributed by atoms with Crippen LogP contribution in [0.2, 0.25) is 0 Å². The van der Waals surface area contributed by atoms with Gasteiger partial charge in [-0.25, -0.2) is 0 Å². The lowest BCUT2D eigenvalue weighted by molar-refractivity contribution is 0.229. The number of pyridine rings is 1. The molecule has 4 nitrogen and oxygen atoms in total. The topological polar surface area (TPSA) is 68.4 Å². The van der Waals surface area contributed by atoms with Gasteiger partial charge in [-0.05, 0) is 19.9 Å². The van der Waals surface area contributed by atoms with E-state index in [1.807, 2.05) is 13.8 Å². The van der Waals surface area contributed by atoms with E-state index in [2.05, 4.69) is 4.98 Å². The van der Waals surface area contributed by atoms with Gasteiger partial charge in [-0.2, -0.15) is 0 Å². The highest BCUT2D eigenvalue weighted by Gasteiger charge is 2.11. The van der Waals surface area contributed by atoms with Crippen LogP contribution < -0.4 is 10.5 Å². The Bertz CT molecular complexity index is 289. The van der Waals surface area contributed by atoms with Gasteiger partial charge in [-0.3, -0.25) is 4.98 Å². The van der Waals surface area contributed by atoms with Gasteiger partial charge in [0.2, 0.25) is 0 Å². The molecule has 0 aliphatic carbocycles. The predicted octanol–water partition coefficient (Wildman–Crippen LogP) is 0.861. The van der Waals surface area contributed by atoms with Crippen LogP contribution >= 0.6 is 0 Å². The summed E-state index contributed by atoms with van der Waals surface area (Å²) in [5.74, 6) is 0.691. The SMILES string of the molecule is CC(C)Oc1ccncc1C(N)CO. The molecule has 0 amide bonds. The normalized spacial score (nSPS) is 12.9. The Labute approximate surface area is 83.7 Å². The van der Waals surface area contributed by atoms with Crippen molar-refractivity contribution in [2.45, 2.75) is 26.0 Å². The fourth-order valence-electron chi connectivity index (χ4n) is 1.13. The Balaban J connectivity index is 2.91. The summed E-state index contributed by atoms with van der Waals surface area (Å²) < 4.78 is 5.54. The first-order valence-corrected chi connectivity index (χ1v) is 4.62. The molecule has 1 heterocycles. The van der Waals surface area contributed by atoms with E-state index in [4.69, 9.17) is 15.6 Å². The molecule has 1 aromatic rings. The third-order valence-electron chi connectivity index (χ3n) is 1.77. The van der Waals surface area contributed by atoms with Crippen molar-refractivity contribution >= 4 is 0 Å². The fourth-order valence-corrected chi connectivity index (χ4v) is 1.13. The molecule has 1 rings (SSSR count). The molecule has 0 spiro atoms. The van der Waals surface area contributed by atoms with E-state index >= 15 is 0 Å². The van der Waals surface area contributed by atoms with E-state index in [1.165, 1.54) is 0 Å². The minimum atomic E-state index is -0.433. The number of ether oxygens (including phenoxy) is 1. The van der Waals surface area contributed by atoms with E-state index in [9.17, 15) is 0 Å². The van der Waals surface area contributed by atoms with Crippen molar-refractivity contribution in [1.29, 1.82) is 0 Å². The molecule has 3 N–H and O–H groups in total. The molecule has 0 saturated heterocycles. The average molecular weight is 196 g/mol. The third kappa shape index (κ3) is 2.68. The summed E-state index contributed by atoms with van der Waals surface area (Å²) in [6.45, 7) is 3.77. The first-order chi connectivity index (χ1) is 6.65. The van der Waals surface area contributed by atoms with Gasteiger partial charge in [0.1, 0.15) is 5.75 Å². The zero-order chi connectivity index (χ0) is 10.6. The molecule has 0 aliphatic rings. The molecule has 0 radical (unpaired) electrons. The average Bonchev–Trinajstić information content (AvgIpc) is 2.16. The lowest BCUT2D eigenvalue weighted by atomic mass is 10.1. The number of nitrogens with zero attached hydrogens (tertiary/aromatic N) is 1. The maximum Gasteiger partial charge on any atom is 0.127 e. The Kier molecular flexibility index (Phi) is 3.85. The van der Waals surface area contributed by atoms with E-state index in [-0.39, 0.29) is 12.7 Å². The minimum absolute atomic E-state index is 0.0852. The molecule has 1 aromatic heterocycles. The number of rotatable bonds is 4. The van der Waals surface area contributed by atoms with Crippen molar-refractivity contribution in [2.24, 2.45) is 5.73 Å². The molecular weight excluding hydrogens is 180 g/mol. The standard InChI is InChI=1S/C10H16N2O2/c1-7(2)14-10-3-4-12-5-8(10)9(11)6-13/h3-5,7,9,13H,6,11H2,1-2H3. The fraction of sp³-hybridized carbons (Fsp3) is 0.500. The molecule has 4 heteroatoms. The zero-order valence-corrected chi connectivity index (χ0v) is 8.47. The van der Waals surface area contributed by atoms with Crippen LogP contribution in [0.25, 0.3) is 0 Å². The maximum absolute atomic E-state index is 8.94. The van der Waals surface area contributed by atoms with Crippen molar-refractivity contribution < 1.29 is 9.84 Å². The molecule has 1 unspecified atom stereocenters. The van der Waals surface area contributed by atoms with Gasteiger partial charge in [-0.1, -0.05) is 0 Å². The Morgan fingerprint density at radius 2 is 2.29 bits per heavy atom. The first kappa shape index (κ1) is 10.9. The number of aliphatic hydroxyl groups excluding tert-OH is 1. The Hall–Kier alpha value is -1.13. The molecule has 0 fully saturated rings. The lowest BCUT2D eigenvalue weighted by Gasteiger charge is -2.16. The summed E-state index contributed by atoms with van der Waals surface area (Å²) in [7, 11) is 0. The van der Waals surface area contributed by atoms with Crippen LogP contribution in [0.3, 0.4) is 0 Å². The first-order valence-electron chi connectivity index (χ1n) is 4.62. The van der Waals surface area contributed by atoms with Crippen LogP contribution in [0.5, 0.6) is 5.75 Å². The number of hydrogen-bond acceptors (Lipinski definition) is 4. The van der Waals surface area contributed by atoms with Crippen LogP contribution in [-0.4, -0.2) is 22.8 Å². The van der Waals surface area contributed by atoms with Crippen molar-refractivity contribution in [3.05, 3.63) is 24.0 Å². The van der Waals surface area contributed by atoms with Crippen molar-refractivity contribution in [3.8, 4) is 5.75 Å². The van der Waals surface area contributed by atoms with Gasteiger partial charge in [0.25, 0.3) is 0 Å². The summed E-state index contributed by atoms with van der Waals surface area (Å²) >= 11 is 0. The molecule has 0 aliphatic heterocycles. The van der Waals surface area contributed by atoms with E-state index in [1.54, 1.807) is 18.5 Å². The summed E-state index contributed by atoms with van der Waals surface area (Å²) in [6, 6.07) is 1.32. The highest BCUT2D eigenvalue weighted by atomic mass is 16.5. The second-order valence-corrected chi connectivity index (χ2v) is 3.37. The smallest absolute Gasteiger partial charge is 0.127 e. The van der Waals surface area contributed by atoms with Crippen LogP contribution in [0.15, 0.2) is 18.5 Å². The van der Waals surface area contributed by atoms with Crippen molar-refractivity contribution in [2.75, 3.05) is 6.61 Å². The van der Waals surface area contributed by atoms with Crippen LogP contribution in [0.4, 0.5) is 0 Å². The van der Waals surface area contributed by atoms with Crippen molar-refractivity contribution in [1.82, 2.24) is 4.98 Å². The molecule has 78 valence electrons. The summed E-state index contributed by atoms with van der Waals surface area (Å²) in [4.78, 5) is 3.95. The molecule has 0 saturated carbocycles. The third-order valence-corrected chi connectivity index (χ3v) is 1.77. The van der Waals surface area contributed by atoms with Crippen LogP contribution in [-0.2, 0) is 0 Å². The lowest BCUT2D eigenvalue weighted by Crippen LogP contribution is -2.17. The van der Waals surface area contributed by atoms with Crippen molar-refractivity contribution in [3.63, 3.8) is 0 Å². The van der Waals surface area contributed by atoms with Gasteiger partial charge in [0.15, 0.2) is 0 Å². The van der Waals surface area contributed by atoms with Crippen LogP contribution in [0.1, 0.15) is 25.5 Å². The van der Waals surface area contributed by atoms with Gasteiger partial charge in [0, 0.05) is 18.0 Å². The summed E-state index contributed by atoms with van der Waals surface area (Å²) in [5, 5.41) is 8.94. The molecule has 0 bridgehead atoms. The highest BCUT2D eigenvalue weighted by molar-refractivity contribution is 5.32. The maximum atomic E-state index is 8.94. The second kappa shape index (κ2) is 4.93. The quantitative estimate of drug-likeness (QED) is 0.749. The van der Waals surface area contributed by atoms with Gasteiger partial charge in [0.05, 0.1) is 18.8 Å². The molecule has 14 heavy (non-hydrogen) atoms. The van der Waals surface area contributed by atoms with Gasteiger partial charge in [-0.15, -0.1) is 0 Å². The Morgan fingerprint density at radius 3 is 2.86 bits per heavy atom. The zero-order valence-electron chi connectivity index (χ0n) is 8.47. The molecule has 1 atom stereocenters. The molecular formula is C10H16N2O2. The monoisotopic (exact) mass is 196 g/mol. The second-order valence-electron chi connectivity index (χ2n) is 3.37. The van der Waals surface area contributed by atoms with E-state index in [0.29, 0.717) is 5.75 Å². The highest BCUT2D eigenvalue weighted by Crippen LogP contribution is 2.22. The number of aliphatic hydroxyl groups is 1. The Morgan fingerprint density at radius 1 is 1.57 bits per heavy atom. The number of aromatic nitrogens is 1. The summed E-state index contributed by atoms with van der Waals surface area (Å²) in [5.41, 5.74) is 6.44. The van der Waals surface area contributed by atoms with Gasteiger partial charge >= 0.3 is 0 Å².